The van der Waals surface area contributed by atoms with Crippen molar-refractivity contribution in [2.75, 3.05) is 13.2 Å². The Morgan fingerprint density at radius 2 is 1.83 bits per heavy atom. The van der Waals surface area contributed by atoms with Crippen LogP contribution in [0.1, 0.15) is 81.9 Å². The summed E-state index contributed by atoms with van der Waals surface area (Å²) in [6.45, 7) is 7.17. The highest BCUT2D eigenvalue weighted by Crippen LogP contribution is 2.27. The Morgan fingerprint density at radius 1 is 1.10 bits per heavy atom. The average Bonchev–Trinajstić information content (AvgIpc) is 3.03. The van der Waals surface area contributed by atoms with Gasteiger partial charge < -0.3 is 26.4 Å². The molecule has 0 spiro atoms. The van der Waals surface area contributed by atoms with Crippen LogP contribution in [0.25, 0.3) is 0 Å². The Balaban J connectivity index is 1.40. The first-order valence-corrected chi connectivity index (χ1v) is 14.9. The molecule has 42 heavy (non-hydrogen) atoms. The molecule has 0 saturated carbocycles. The van der Waals surface area contributed by atoms with Crippen LogP contribution in [0.2, 0.25) is 0 Å². The number of amides is 2. The summed E-state index contributed by atoms with van der Waals surface area (Å²) < 4.78 is 5.16. The fourth-order valence-electron chi connectivity index (χ4n) is 4.91. The average molecular weight is 580 g/mol. The third kappa shape index (κ3) is 10.5. The van der Waals surface area contributed by atoms with E-state index in [4.69, 9.17) is 15.3 Å². The predicted molar refractivity (Wildman–Crippen MR) is 163 cm³/mol. The SMILES string of the molecule is CCCCC(CC)COC(=O)O/N=C(\N)c1ccc(CNC(=O)[C@H](C)NC(=O)[C@H]2C[C@@H](c3ccccc3)CCN2)cc1. The summed E-state index contributed by atoms with van der Waals surface area (Å²) >= 11 is 0. The van der Waals surface area contributed by atoms with E-state index in [1.807, 2.05) is 18.2 Å². The van der Waals surface area contributed by atoms with E-state index in [1.54, 1.807) is 31.2 Å². The maximum Gasteiger partial charge on any atom is 0.535 e. The molecule has 2 aromatic carbocycles. The van der Waals surface area contributed by atoms with Gasteiger partial charge in [0.15, 0.2) is 5.84 Å². The molecule has 10 heteroatoms. The first kappa shape index (κ1) is 32.6. The van der Waals surface area contributed by atoms with Crippen molar-refractivity contribution in [3.05, 3.63) is 71.3 Å². The Morgan fingerprint density at radius 3 is 2.52 bits per heavy atom. The number of benzene rings is 2. The third-order valence-electron chi connectivity index (χ3n) is 7.66. The first-order valence-electron chi connectivity index (χ1n) is 14.9. The second kappa shape index (κ2) is 17.1. The number of carbonyl (C=O) groups is 3. The molecule has 1 saturated heterocycles. The van der Waals surface area contributed by atoms with Gasteiger partial charge in [-0.3, -0.25) is 14.4 Å². The summed E-state index contributed by atoms with van der Waals surface area (Å²) in [7, 11) is 0. The zero-order chi connectivity index (χ0) is 30.3. The smallest absolute Gasteiger partial charge is 0.432 e. The predicted octanol–water partition coefficient (Wildman–Crippen LogP) is 4.33. The molecule has 228 valence electrons. The van der Waals surface area contributed by atoms with Crippen molar-refractivity contribution < 1.29 is 24.0 Å². The van der Waals surface area contributed by atoms with Gasteiger partial charge in [-0.15, -0.1) is 0 Å². The monoisotopic (exact) mass is 579 g/mol. The van der Waals surface area contributed by atoms with Gasteiger partial charge in [0.1, 0.15) is 6.04 Å². The number of oxime groups is 1. The van der Waals surface area contributed by atoms with E-state index in [0.717, 1.165) is 44.2 Å². The first-order chi connectivity index (χ1) is 20.3. The summed E-state index contributed by atoms with van der Waals surface area (Å²) in [5, 5.41) is 12.6. The molecule has 2 aromatic rings. The van der Waals surface area contributed by atoms with Gasteiger partial charge in [0.2, 0.25) is 11.8 Å². The number of nitrogens with two attached hydrogens (primary N) is 1. The van der Waals surface area contributed by atoms with Crippen LogP contribution in [0.4, 0.5) is 4.79 Å². The number of unbranched alkanes of at least 4 members (excludes halogenated alkanes) is 1. The molecule has 1 aliphatic rings. The summed E-state index contributed by atoms with van der Waals surface area (Å²) in [4.78, 5) is 42.2. The van der Waals surface area contributed by atoms with E-state index in [1.165, 1.54) is 5.56 Å². The molecule has 0 radical (unpaired) electrons. The number of ether oxygens (including phenoxy) is 1. The van der Waals surface area contributed by atoms with E-state index in [9.17, 15) is 14.4 Å². The molecule has 0 bridgehead atoms. The molecule has 1 aliphatic heterocycles. The highest BCUT2D eigenvalue weighted by atomic mass is 16.8. The third-order valence-corrected chi connectivity index (χ3v) is 7.66. The molecule has 0 aromatic heterocycles. The molecular weight excluding hydrogens is 534 g/mol. The van der Waals surface area contributed by atoms with Crippen molar-refractivity contribution in [1.29, 1.82) is 0 Å². The summed E-state index contributed by atoms with van der Waals surface area (Å²) in [5.41, 5.74) is 8.57. The van der Waals surface area contributed by atoms with E-state index in [-0.39, 0.29) is 30.2 Å². The second-order valence-corrected chi connectivity index (χ2v) is 10.8. The zero-order valence-corrected chi connectivity index (χ0v) is 24.9. The number of hydrogen-bond donors (Lipinski definition) is 4. The normalized spacial score (nSPS) is 18.4. The van der Waals surface area contributed by atoms with Crippen molar-refractivity contribution >= 4 is 23.8 Å². The standard InChI is InChI=1S/C32H45N5O5/c1-4-6-10-23(5-2)21-41-32(40)42-37-29(33)26-15-13-24(14-16-26)20-35-30(38)22(3)36-31(39)28-19-27(17-18-34-28)25-11-8-7-9-12-25/h7-9,11-16,22-23,27-28,34H,4-6,10,17-21H2,1-3H3,(H2,33,37)(H,35,38)(H,36,39)/t22-,23?,27-,28+/m0/s1. The fourth-order valence-corrected chi connectivity index (χ4v) is 4.91. The minimum atomic E-state index is -0.885. The van der Waals surface area contributed by atoms with Crippen molar-refractivity contribution in [1.82, 2.24) is 16.0 Å². The molecule has 5 N–H and O–H groups in total. The molecule has 0 aliphatic carbocycles. The van der Waals surface area contributed by atoms with Crippen LogP contribution in [0.5, 0.6) is 0 Å². The van der Waals surface area contributed by atoms with Gasteiger partial charge in [0.25, 0.3) is 0 Å². The number of carbonyl (C=O) groups excluding carboxylic acids is 3. The molecule has 1 heterocycles. The van der Waals surface area contributed by atoms with Gasteiger partial charge in [-0.2, -0.15) is 0 Å². The van der Waals surface area contributed by atoms with Gasteiger partial charge in [-0.25, -0.2) is 4.79 Å². The number of hydrogen-bond acceptors (Lipinski definition) is 7. The summed E-state index contributed by atoms with van der Waals surface area (Å²) in [6.07, 6.45) is 4.88. The van der Waals surface area contributed by atoms with E-state index < -0.39 is 12.2 Å². The Labute approximate surface area is 248 Å². The molecular formula is C32H45N5O5. The summed E-state index contributed by atoms with van der Waals surface area (Å²) in [5.74, 6) is 0.181. The van der Waals surface area contributed by atoms with E-state index in [2.05, 4.69) is 47.1 Å². The second-order valence-electron chi connectivity index (χ2n) is 10.8. The molecule has 2 amide bonds. The van der Waals surface area contributed by atoms with Crippen LogP contribution in [0.3, 0.4) is 0 Å². The lowest BCUT2D eigenvalue weighted by Crippen LogP contribution is -2.53. The number of piperidine rings is 1. The highest BCUT2D eigenvalue weighted by Gasteiger charge is 2.29. The minimum absolute atomic E-state index is 0.0303. The number of nitrogens with one attached hydrogen (secondary N) is 3. The highest BCUT2D eigenvalue weighted by molar-refractivity contribution is 5.97. The van der Waals surface area contributed by atoms with Gasteiger partial charge >= 0.3 is 6.16 Å². The van der Waals surface area contributed by atoms with Gasteiger partial charge in [-0.05, 0) is 55.7 Å². The lowest BCUT2D eigenvalue weighted by atomic mass is 9.86. The van der Waals surface area contributed by atoms with Crippen LogP contribution in [-0.4, -0.2) is 49.0 Å². The molecule has 4 atom stereocenters. The van der Waals surface area contributed by atoms with Crippen molar-refractivity contribution in [3.63, 3.8) is 0 Å². The molecule has 3 rings (SSSR count). The zero-order valence-electron chi connectivity index (χ0n) is 24.9. The van der Waals surface area contributed by atoms with E-state index in [0.29, 0.717) is 30.4 Å². The van der Waals surface area contributed by atoms with Crippen LogP contribution in [-0.2, 0) is 25.7 Å². The maximum atomic E-state index is 12.9. The quantitative estimate of drug-likeness (QED) is 0.0857. The van der Waals surface area contributed by atoms with Crippen LogP contribution in [0.15, 0.2) is 59.8 Å². The Bertz CT molecular complexity index is 1170. The molecule has 1 fully saturated rings. The van der Waals surface area contributed by atoms with E-state index >= 15 is 0 Å². The number of rotatable bonds is 14. The van der Waals surface area contributed by atoms with Crippen molar-refractivity contribution in [2.45, 2.75) is 83.8 Å². The summed E-state index contributed by atoms with van der Waals surface area (Å²) in [6, 6.07) is 16.2. The largest absolute Gasteiger partial charge is 0.535 e. The van der Waals surface area contributed by atoms with Gasteiger partial charge in [-0.1, -0.05) is 92.9 Å². The van der Waals surface area contributed by atoms with Crippen LogP contribution >= 0.6 is 0 Å². The molecule has 10 nitrogen and oxygen atoms in total. The Kier molecular flexibility index (Phi) is 13.3. The maximum absolute atomic E-state index is 12.9. The molecule has 1 unspecified atom stereocenters. The van der Waals surface area contributed by atoms with Crippen LogP contribution < -0.4 is 21.7 Å². The lowest BCUT2D eigenvalue weighted by Gasteiger charge is -2.30. The van der Waals surface area contributed by atoms with Crippen molar-refractivity contribution in [2.24, 2.45) is 16.8 Å². The number of amidine groups is 1. The lowest BCUT2D eigenvalue weighted by molar-refractivity contribution is -0.130. The topological polar surface area (TPSA) is 144 Å². The number of nitrogens with zero attached hydrogens (tertiary/aromatic N) is 1. The minimum Gasteiger partial charge on any atom is -0.432 e. The Hall–Kier alpha value is -3.92. The van der Waals surface area contributed by atoms with Gasteiger partial charge in [0, 0.05) is 12.1 Å². The fraction of sp³-hybridized carbons (Fsp3) is 0.500. The van der Waals surface area contributed by atoms with Gasteiger partial charge in [0.05, 0.1) is 12.6 Å². The van der Waals surface area contributed by atoms with Crippen LogP contribution in [0, 0.1) is 5.92 Å². The van der Waals surface area contributed by atoms with Crippen molar-refractivity contribution in [3.8, 4) is 0 Å².